The molecule has 162 valence electrons. The molecule has 1 heterocycles. The normalized spacial score (nSPS) is 28.2. The third-order valence-electron chi connectivity index (χ3n) is 6.92. The molecule has 4 aliphatic rings. The maximum absolute atomic E-state index is 12.6. The van der Waals surface area contributed by atoms with Crippen molar-refractivity contribution in [2.75, 3.05) is 11.9 Å². The zero-order valence-corrected chi connectivity index (χ0v) is 17.3. The molecule has 2 amide bonds. The summed E-state index contributed by atoms with van der Waals surface area (Å²) < 4.78 is 10.4. The zero-order valence-electron chi connectivity index (χ0n) is 17.3. The van der Waals surface area contributed by atoms with Crippen molar-refractivity contribution >= 4 is 23.5 Å². The first-order valence-corrected chi connectivity index (χ1v) is 10.9. The Bertz CT molecular complexity index is 962. The van der Waals surface area contributed by atoms with Gasteiger partial charge in [-0.1, -0.05) is 12.1 Å². The Kier molecular flexibility index (Phi) is 5.04. The van der Waals surface area contributed by atoms with E-state index in [0.717, 1.165) is 37.0 Å². The Hall–Kier alpha value is -3.09. The minimum absolute atomic E-state index is 0.118. The second-order valence-corrected chi connectivity index (χ2v) is 9.30. The largest absolute Gasteiger partial charge is 0.459 e. The molecule has 2 N–H and O–H groups in total. The average Bonchev–Trinajstić information content (AvgIpc) is 3.26. The topological polar surface area (TPSA) is 97.6 Å². The van der Waals surface area contributed by atoms with Crippen molar-refractivity contribution in [1.29, 1.82) is 0 Å². The molecule has 1 aromatic carbocycles. The van der Waals surface area contributed by atoms with Gasteiger partial charge in [-0.3, -0.25) is 9.59 Å². The number of ether oxygens (including phenoxy) is 1. The number of para-hydroxylation sites is 1. The molecule has 4 bridgehead atoms. The van der Waals surface area contributed by atoms with Crippen molar-refractivity contribution in [2.45, 2.75) is 44.1 Å². The van der Waals surface area contributed by atoms with Crippen LogP contribution in [0.2, 0.25) is 0 Å². The van der Waals surface area contributed by atoms with E-state index >= 15 is 0 Å². The fourth-order valence-corrected chi connectivity index (χ4v) is 6.17. The minimum atomic E-state index is -0.656. The number of furan rings is 1. The van der Waals surface area contributed by atoms with Crippen LogP contribution in [0, 0.1) is 17.8 Å². The summed E-state index contributed by atoms with van der Waals surface area (Å²) in [6, 6.07) is 9.68. The van der Waals surface area contributed by atoms with E-state index in [4.69, 9.17) is 9.15 Å². The predicted octanol–water partition coefficient (Wildman–Crippen LogP) is 3.77. The molecule has 0 unspecified atom stereocenters. The highest BCUT2D eigenvalue weighted by Crippen LogP contribution is 2.55. The molecule has 2 aromatic rings. The van der Waals surface area contributed by atoms with Gasteiger partial charge in [0.25, 0.3) is 11.8 Å². The Morgan fingerprint density at radius 3 is 2.29 bits per heavy atom. The molecule has 0 atom stereocenters. The van der Waals surface area contributed by atoms with E-state index < -0.39 is 11.9 Å². The third kappa shape index (κ3) is 4.09. The van der Waals surface area contributed by atoms with Crippen LogP contribution < -0.4 is 10.6 Å². The maximum atomic E-state index is 12.6. The van der Waals surface area contributed by atoms with Gasteiger partial charge in [0, 0.05) is 5.54 Å². The number of anilines is 1. The molecule has 7 nitrogen and oxygen atoms in total. The number of hydrogen-bond donors (Lipinski definition) is 2. The summed E-state index contributed by atoms with van der Waals surface area (Å²) in [5.74, 6) is 0.919. The summed E-state index contributed by atoms with van der Waals surface area (Å²) in [5.41, 5.74) is 0.369. The zero-order chi connectivity index (χ0) is 21.4. The van der Waals surface area contributed by atoms with Gasteiger partial charge in [-0.2, -0.15) is 0 Å². The first-order valence-electron chi connectivity index (χ1n) is 10.9. The van der Waals surface area contributed by atoms with Crippen LogP contribution in [0.15, 0.2) is 47.1 Å². The first kappa shape index (κ1) is 19.8. The van der Waals surface area contributed by atoms with Crippen LogP contribution in [-0.4, -0.2) is 29.9 Å². The van der Waals surface area contributed by atoms with Crippen LogP contribution in [0.4, 0.5) is 5.69 Å². The number of esters is 1. The van der Waals surface area contributed by atoms with Gasteiger partial charge in [-0.15, -0.1) is 0 Å². The summed E-state index contributed by atoms with van der Waals surface area (Å²) in [6.45, 7) is -0.332. The molecule has 0 radical (unpaired) electrons. The summed E-state index contributed by atoms with van der Waals surface area (Å²) in [5, 5.41) is 5.85. The van der Waals surface area contributed by atoms with Gasteiger partial charge in [0.15, 0.2) is 12.4 Å². The number of nitrogens with one attached hydrogen (secondary N) is 2. The van der Waals surface area contributed by atoms with Gasteiger partial charge in [-0.25, -0.2) is 4.79 Å². The molecule has 0 saturated heterocycles. The fraction of sp³-hybridized carbons (Fsp3) is 0.458. The highest BCUT2D eigenvalue weighted by Gasteiger charge is 2.51. The lowest BCUT2D eigenvalue weighted by atomic mass is 9.53. The lowest BCUT2D eigenvalue weighted by Gasteiger charge is -2.56. The maximum Gasteiger partial charge on any atom is 0.340 e. The van der Waals surface area contributed by atoms with Gasteiger partial charge in [0.2, 0.25) is 0 Å². The van der Waals surface area contributed by atoms with Gasteiger partial charge in [-0.05, 0) is 80.5 Å². The van der Waals surface area contributed by atoms with E-state index in [1.807, 2.05) is 0 Å². The van der Waals surface area contributed by atoms with Crippen molar-refractivity contribution in [2.24, 2.45) is 17.8 Å². The molecule has 4 aliphatic carbocycles. The summed E-state index contributed by atoms with van der Waals surface area (Å²) in [6.07, 6.45) is 8.42. The quantitative estimate of drug-likeness (QED) is 0.691. The van der Waals surface area contributed by atoms with Crippen molar-refractivity contribution in [1.82, 2.24) is 5.32 Å². The molecule has 31 heavy (non-hydrogen) atoms. The van der Waals surface area contributed by atoms with Gasteiger partial charge in [0.1, 0.15) is 0 Å². The molecule has 4 saturated carbocycles. The number of benzene rings is 1. The smallest absolute Gasteiger partial charge is 0.340 e. The molecule has 0 spiro atoms. The number of carbonyl (C=O) groups is 3. The average molecular weight is 422 g/mol. The third-order valence-corrected chi connectivity index (χ3v) is 6.92. The highest BCUT2D eigenvalue weighted by atomic mass is 16.5. The Morgan fingerprint density at radius 2 is 1.65 bits per heavy atom. The standard InChI is InChI=1S/C24H26N2O5/c27-21(26-24-11-15-8-16(12-24)10-17(9-15)13-24)14-31-23(29)18-4-1-2-5-19(18)25-22(28)20-6-3-7-30-20/h1-7,15-17H,8-14H2,(H,25,28)(H,26,27). The predicted molar refractivity (Wildman–Crippen MR) is 112 cm³/mol. The Balaban J connectivity index is 1.19. The van der Waals surface area contributed by atoms with E-state index in [0.29, 0.717) is 5.69 Å². The lowest BCUT2D eigenvalue weighted by molar-refractivity contribution is -0.130. The summed E-state index contributed by atoms with van der Waals surface area (Å²) in [4.78, 5) is 37.5. The molecule has 1 aromatic heterocycles. The van der Waals surface area contributed by atoms with Gasteiger partial charge < -0.3 is 19.8 Å². The van der Waals surface area contributed by atoms with Crippen LogP contribution in [0.3, 0.4) is 0 Å². The van der Waals surface area contributed by atoms with E-state index in [2.05, 4.69) is 10.6 Å². The first-order chi connectivity index (χ1) is 15.0. The van der Waals surface area contributed by atoms with E-state index in [1.54, 1.807) is 30.3 Å². The van der Waals surface area contributed by atoms with E-state index in [1.165, 1.54) is 31.6 Å². The summed E-state index contributed by atoms with van der Waals surface area (Å²) >= 11 is 0. The minimum Gasteiger partial charge on any atom is -0.459 e. The SMILES string of the molecule is O=C(COC(=O)c1ccccc1NC(=O)c1ccco1)NC12CC3CC(CC(C3)C1)C2. The van der Waals surface area contributed by atoms with E-state index in [-0.39, 0.29) is 29.4 Å². The Morgan fingerprint density at radius 1 is 0.968 bits per heavy atom. The van der Waals surface area contributed by atoms with Crippen LogP contribution in [0.5, 0.6) is 0 Å². The molecular weight excluding hydrogens is 396 g/mol. The number of amides is 2. The molecule has 0 aliphatic heterocycles. The lowest BCUT2D eigenvalue weighted by Crippen LogP contribution is -2.60. The summed E-state index contributed by atoms with van der Waals surface area (Å²) in [7, 11) is 0. The van der Waals surface area contributed by atoms with E-state index in [9.17, 15) is 14.4 Å². The van der Waals surface area contributed by atoms with Crippen LogP contribution >= 0.6 is 0 Å². The van der Waals surface area contributed by atoms with Gasteiger partial charge in [0.05, 0.1) is 17.5 Å². The molecule has 4 fully saturated rings. The Labute approximate surface area is 180 Å². The van der Waals surface area contributed by atoms with Crippen LogP contribution in [0.1, 0.15) is 59.4 Å². The highest BCUT2D eigenvalue weighted by molar-refractivity contribution is 6.06. The molecule has 6 rings (SSSR count). The fourth-order valence-electron chi connectivity index (χ4n) is 6.17. The molecule has 7 heteroatoms. The number of hydrogen-bond acceptors (Lipinski definition) is 5. The monoisotopic (exact) mass is 422 g/mol. The molecular formula is C24H26N2O5. The second kappa shape index (κ2) is 7.87. The van der Waals surface area contributed by atoms with Crippen LogP contribution in [0.25, 0.3) is 0 Å². The van der Waals surface area contributed by atoms with Crippen molar-refractivity contribution in [3.8, 4) is 0 Å². The second-order valence-electron chi connectivity index (χ2n) is 9.30. The van der Waals surface area contributed by atoms with Crippen molar-refractivity contribution < 1.29 is 23.5 Å². The van der Waals surface area contributed by atoms with Gasteiger partial charge >= 0.3 is 5.97 Å². The van der Waals surface area contributed by atoms with Crippen molar-refractivity contribution in [3.63, 3.8) is 0 Å². The number of rotatable bonds is 6. The van der Waals surface area contributed by atoms with Crippen molar-refractivity contribution in [3.05, 3.63) is 54.0 Å². The number of carbonyl (C=O) groups excluding carboxylic acids is 3. The van der Waals surface area contributed by atoms with Crippen LogP contribution in [-0.2, 0) is 9.53 Å².